The summed E-state index contributed by atoms with van der Waals surface area (Å²) in [7, 11) is 0. The molecule has 0 aliphatic rings. The molecule has 0 amide bonds. The maximum atomic E-state index is 5.14. The Hall–Kier alpha value is -7.68. The highest BCUT2D eigenvalue weighted by Gasteiger charge is 2.13. The summed E-state index contributed by atoms with van der Waals surface area (Å²) in [5.74, 6) is 0. The van der Waals surface area contributed by atoms with E-state index in [2.05, 4.69) is 218 Å². The van der Waals surface area contributed by atoms with Crippen LogP contribution < -0.4 is 0 Å². The lowest BCUT2D eigenvalue weighted by Gasteiger charge is -2.12. The molecule has 10 rings (SSSR count). The van der Waals surface area contributed by atoms with Crippen LogP contribution in [0.3, 0.4) is 0 Å². The molecule has 0 N–H and O–H groups in total. The lowest BCUT2D eigenvalue weighted by atomic mass is 9.93. The molecule has 0 atom stereocenters. The van der Waals surface area contributed by atoms with Gasteiger partial charge in [0.1, 0.15) is 0 Å². The maximum Gasteiger partial charge on any atom is 0.0715 e. The molecule has 10 aromatic rings. The second-order valence-electron chi connectivity index (χ2n) is 14.6. The molecule has 0 fully saturated rings. The predicted octanol–water partition coefficient (Wildman–Crippen LogP) is 15.0. The Balaban J connectivity index is 0.947. The molecule has 2 nitrogen and oxygen atoms in total. The SMILES string of the molecule is c1ccc(-c2cc(-c3ccccc3)nc(-c3ccc(-c4ccc5c(-c6ccc(-c7cc(-c8ccccc8)cc(-c8ccccc8)n7)cc6)cccc5c4)cc3)c2)cc1. The van der Waals surface area contributed by atoms with Gasteiger partial charge in [-0.3, -0.25) is 0 Å². The van der Waals surface area contributed by atoms with E-state index < -0.39 is 0 Å². The lowest BCUT2D eigenvalue weighted by Crippen LogP contribution is -1.91. The van der Waals surface area contributed by atoms with Crippen LogP contribution in [0, 0.1) is 0 Å². The molecule has 8 aromatic carbocycles. The number of aromatic nitrogens is 2. The minimum atomic E-state index is 0.955. The third-order valence-electron chi connectivity index (χ3n) is 10.9. The van der Waals surface area contributed by atoms with Crippen LogP contribution in [0.15, 0.2) is 231 Å². The first-order valence-corrected chi connectivity index (χ1v) is 19.7. The molecule has 58 heavy (non-hydrogen) atoms. The summed E-state index contributed by atoms with van der Waals surface area (Å²) < 4.78 is 0. The monoisotopic (exact) mass is 738 g/mol. The van der Waals surface area contributed by atoms with Gasteiger partial charge in [0.05, 0.1) is 22.8 Å². The highest BCUT2D eigenvalue weighted by Crippen LogP contribution is 2.36. The first-order chi connectivity index (χ1) is 28.7. The highest BCUT2D eigenvalue weighted by atomic mass is 14.7. The Bertz CT molecular complexity index is 2880. The summed E-state index contributed by atoms with van der Waals surface area (Å²) >= 11 is 0. The predicted molar refractivity (Wildman–Crippen MR) is 243 cm³/mol. The molecule has 0 aliphatic carbocycles. The Morgan fingerprint density at radius 2 is 0.552 bits per heavy atom. The summed E-state index contributed by atoms with van der Waals surface area (Å²) in [6, 6.07) is 81.7. The largest absolute Gasteiger partial charge is 0.248 e. The van der Waals surface area contributed by atoms with Crippen molar-refractivity contribution in [3.63, 3.8) is 0 Å². The summed E-state index contributed by atoms with van der Waals surface area (Å²) in [5.41, 5.74) is 17.6. The van der Waals surface area contributed by atoms with E-state index in [1.165, 1.54) is 44.2 Å². The molecular formula is C56H38N2. The van der Waals surface area contributed by atoms with Crippen LogP contribution in [0.25, 0.3) is 100 Å². The van der Waals surface area contributed by atoms with Crippen molar-refractivity contribution in [1.29, 1.82) is 0 Å². The standard InChI is InChI=1S/C56H38N2/c1-5-14-39(15-6-1)49-35-53(43-18-9-3-10-19-43)57-55(37-49)45-28-24-41(25-29-45)47-32-33-52-48(34-47)22-13-23-51(52)42-26-30-46(31-27-42)56-38-50(40-16-7-2-8-17-40)36-54(58-56)44-20-11-4-12-21-44/h1-38H. The molecule has 2 heterocycles. The fraction of sp³-hybridized carbons (Fsp3) is 0. The molecule has 272 valence electrons. The molecule has 0 saturated carbocycles. The Labute approximate surface area is 339 Å². The van der Waals surface area contributed by atoms with E-state index in [0.717, 1.165) is 56.2 Å². The van der Waals surface area contributed by atoms with Gasteiger partial charge in [-0.2, -0.15) is 0 Å². The minimum Gasteiger partial charge on any atom is -0.248 e. The first-order valence-electron chi connectivity index (χ1n) is 19.7. The van der Waals surface area contributed by atoms with E-state index in [1.807, 2.05) is 12.1 Å². The van der Waals surface area contributed by atoms with Crippen LogP contribution in [0.4, 0.5) is 0 Å². The maximum absolute atomic E-state index is 5.14. The van der Waals surface area contributed by atoms with Crippen LogP contribution in [0.2, 0.25) is 0 Å². The van der Waals surface area contributed by atoms with Crippen molar-refractivity contribution in [2.75, 3.05) is 0 Å². The van der Waals surface area contributed by atoms with E-state index in [-0.39, 0.29) is 0 Å². The number of hydrogen-bond acceptors (Lipinski definition) is 2. The molecule has 2 heteroatoms. The minimum absolute atomic E-state index is 0.955. The smallest absolute Gasteiger partial charge is 0.0715 e. The van der Waals surface area contributed by atoms with Crippen molar-refractivity contribution >= 4 is 10.8 Å². The van der Waals surface area contributed by atoms with Gasteiger partial charge >= 0.3 is 0 Å². The van der Waals surface area contributed by atoms with E-state index in [0.29, 0.717) is 0 Å². The zero-order valence-electron chi connectivity index (χ0n) is 31.8. The number of fused-ring (bicyclic) bond motifs is 1. The average molecular weight is 739 g/mol. The average Bonchev–Trinajstić information content (AvgIpc) is 3.32. The molecule has 0 bridgehead atoms. The second-order valence-corrected chi connectivity index (χ2v) is 14.6. The Morgan fingerprint density at radius 3 is 1.00 bits per heavy atom. The molecule has 0 radical (unpaired) electrons. The van der Waals surface area contributed by atoms with E-state index in [9.17, 15) is 0 Å². The fourth-order valence-electron chi connectivity index (χ4n) is 7.83. The van der Waals surface area contributed by atoms with Gasteiger partial charge in [0.2, 0.25) is 0 Å². The zero-order valence-corrected chi connectivity index (χ0v) is 31.8. The zero-order chi connectivity index (χ0) is 38.7. The van der Waals surface area contributed by atoms with Gasteiger partial charge in [-0.05, 0) is 85.6 Å². The van der Waals surface area contributed by atoms with E-state index in [1.54, 1.807) is 0 Å². The van der Waals surface area contributed by atoms with Crippen LogP contribution in [0.1, 0.15) is 0 Å². The first kappa shape index (κ1) is 34.8. The van der Waals surface area contributed by atoms with Gasteiger partial charge in [0.15, 0.2) is 0 Å². The van der Waals surface area contributed by atoms with Crippen molar-refractivity contribution in [2.45, 2.75) is 0 Å². The summed E-state index contributed by atoms with van der Waals surface area (Å²) in [6.07, 6.45) is 0. The molecule has 2 aromatic heterocycles. The number of hydrogen-bond donors (Lipinski definition) is 0. The molecule has 0 spiro atoms. The third-order valence-corrected chi connectivity index (χ3v) is 10.9. The van der Waals surface area contributed by atoms with Gasteiger partial charge in [0.25, 0.3) is 0 Å². The summed E-state index contributed by atoms with van der Waals surface area (Å²) in [5, 5.41) is 2.43. The Kier molecular flexibility index (Phi) is 9.27. The van der Waals surface area contributed by atoms with Crippen LogP contribution in [-0.2, 0) is 0 Å². The van der Waals surface area contributed by atoms with Crippen molar-refractivity contribution < 1.29 is 0 Å². The van der Waals surface area contributed by atoms with Crippen LogP contribution >= 0.6 is 0 Å². The van der Waals surface area contributed by atoms with E-state index >= 15 is 0 Å². The van der Waals surface area contributed by atoms with Gasteiger partial charge in [-0.1, -0.05) is 200 Å². The fourth-order valence-corrected chi connectivity index (χ4v) is 7.83. The molecule has 0 unspecified atom stereocenters. The topological polar surface area (TPSA) is 25.8 Å². The second kappa shape index (κ2) is 15.5. The number of nitrogens with zero attached hydrogens (tertiary/aromatic N) is 2. The van der Waals surface area contributed by atoms with Crippen molar-refractivity contribution in [3.8, 4) is 89.5 Å². The highest BCUT2D eigenvalue weighted by molar-refractivity contribution is 5.99. The third kappa shape index (κ3) is 7.11. The summed E-state index contributed by atoms with van der Waals surface area (Å²) in [4.78, 5) is 10.3. The van der Waals surface area contributed by atoms with Gasteiger partial charge in [-0.15, -0.1) is 0 Å². The van der Waals surface area contributed by atoms with Crippen molar-refractivity contribution in [3.05, 3.63) is 231 Å². The molecule has 0 saturated heterocycles. The van der Waals surface area contributed by atoms with Crippen LogP contribution in [0.5, 0.6) is 0 Å². The number of rotatable bonds is 8. The Morgan fingerprint density at radius 1 is 0.207 bits per heavy atom. The molecular weight excluding hydrogens is 701 g/mol. The van der Waals surface area contributed by atoms with Crippen molar-refractivity contribution in [1.82, 2.24) is 9.97 Å². The van der Waals surface area contributed by atoms with Gasteiger partial charge in [0, 0.05) is 22.3 Å². The lowest BCUT2D eigenvalue weighted by molar-refractivity contribution is 1.32. The van der Waals surface area contributed by atoms with E-state index in [4.69, 9.17) is 9.97 Å². The normalized spacial score (nSPS) is 11.1. The summed E-state index contributed by atoms with van der Waals surface area (Å²) in [6.45, 7) is 0. The quantitative estimate of drug-likeness (QED) is 0.155. The van der Waals surface area contributed by atoms with Gasteiger partial charge in [-0.25, -0.2) is 9.97 Å². The van der Waals surface area contributed by atoms with Crippen molar-refractivity contribution in [2.24, 2.45) is 0 Å². The van der Waals surface area contributed by atoms with Gasteiger partial charge < -0.3 is 0 Å². The molecule has 0 aliphatic heterocycles. The number of benzene rings is 8. The van der Waals surface area contributed by atoms with Crippen LogP contribution in [-0.4, -0.2) is 9.97 Å². The number of pyridine rings is 2.